The first-order valence-electron chi connectivity index (χ1n) is 11.1. The number of ketones is 1. The van der Waals surface area contributed by atoms with Crippen LogP contribution >= 0.6 is 0 Å². The number of carbonyl (C=O) groups excluding carboxylic acids is 1. The maximum absolute atomic E-state index is 11.9. The van der Waals surface area contributed by atoms with E-state index in [4.69, 9.17) is 10.1 Å². The van der Waals surface area contributed by atoms with E-state index in [9.17, 15) is 4.79 Å². The largest absolute Gasteiger partial charge is 0.353 e. The van der Waals surface area contributed by atoms with Crippen molar-refractivity contribution >= 4 is 17.2 Å². The van der Waals surface area contributed by atoms with Gasteiger partial charge in [0.25, 0.3) is 0 Å². The fraction of sp³-hybridized carbons (Fsp3) is 0.480. The van der Waals surface area contributed by atoms with Crippen LogP contribution in [-0.2, 0) is 6.42 Å². The zero-order valence-electron chi connectivity index (χ0n) is 19.3. The van der Waals surface area contributed by atoms with E-state index in [1.807, 2.05) is 12.1 Å². The molecule has 0 N–H and O–H groups in total. The van der Waals surface area contributed by atoms with Crippen LogP contribution in [0.2, 0.25) is 0 Å². The monoisotopic (exact) mass is 404 g/mol. The summed E-state index contributed by atoms with van der Waals surface area (Å²) in [7, 11) is 0. The number of aromatic nitrogens is 3. The van der Waals surface area contributed by atoms with E-state index in [2.05, 4.69) is 51.0 Å². The Morgan fingerprint density at radius 2 is 1.67 bits per heavy atom. The standard InChI is InChI=1S/C25H32N4O/c1-8-20(9-2)28-11-10-21-16(5)26-24-23(17(6)27-29(24)25(21)28)22-14(3)12-19(18(7)30)13-15(22)4/h12-13,20H,8-11H2,1-7H3. The molecule has 5 heteroatoms. The fourth-order valence-corrected chi connectivity index (χ4v) is 5.15. The van der Waals surface area contributed by atoms with Gasteiger partial charge in [-0.2, -0.15) is 9.61 Å². The van der Waals surface area contributed by atoms with E-state index in [-0.39, 0.29) is 5.78 Å². The SMILES string of the molecule is CCC(CC)N1CCc2c(C)nc3c(-c4c(C)cc(C(C)=O)cc4C)c(C)nn3c21. The van der Waals surface area contributed by atoms with Gasteiger partial charge >= 0.3 is 0 Å². The van der Waals surface area contributed by atoms with Gasteiger partial charge < -0.3 is 4.90 Å². The molecule has 0 saturated heterocycles. The third-order valence-electron chi connectivity index (χ3n) is 6.66. The minimum absolute atomic E-state index is 0.0944. The van der Waals surface area contributed by atoms with Crippen LogP contribution in [-0.4, -0.2) is 33.0 Å². The molecular weight excluding hydrogens is 372 g/mol. The highest BCUT2D eigenvalue weighted by Crippen LogP contribution is 2.39. The molecule has 0 unspecified atom stereocenters. The van der Waals surface area contributed by atoms with Crippen molar-refractivity contribution in [2.24, 2.45) is 0 Å². The number of hydrogen-bond donors (Lipinski definition) is 0. The van der Waals surface area contributed by atoms with Crippen molar-refractivity contribution < 1.29 is 4.79 Å². The van der Waals surface area contributed by atoms with Crippen LogP contribution in [0.25, 0.3) is 16.8 Å². The molecule has 0 atom stereocenters. The highest BCUT2D eigenvalue weighted by Gasteiger charge is 2.31. The summed E-state index contributed by atoms with van der Waals surface area (Å²) in [5.74, 6) is 1.31. The van der Waals surface area contributed by atoms with Crippen LogP contribution in [0.4, 0.5) is 5.82 Å². The van der Waals surface area contributed by atoms with Gasteiger partial charge in [0.15, 0.2) is 11.4 Å². The number of hydrogen-bond acceptors (Lipinski definition) is 4. The van der Waals surface area contributed by atoms with Crippen molar-refractivity contribution in [3.05, 3.63) is 45.8 Å². The number of anilines is 1. The Bertz CT molecular complexity index is 1130. The Kier molecular flexibility index (Phi) is 5.16. The van der Waals surface area contributed by atoms with Gasteiger partial charge in [0.05, 0.1) is 11.3 Å². The van der Waals surface area contributed by atoms with Crippen molar-refractivity contribution in [1.29, 1.82) is 0 Å². The molecule has 0 radical (unpaired) electrons. The molecule has 1 aromatic carbocycles. The Balaban J connectivity index is 2.00. The third kappa shape index (κ3) is 3.03. The number of carbonyl (C=O) groups is 1. The van der Waals surface area contributed by atoms with Gasteiger partial charge in [0, 0.05) is 29.4 Å². The third-order valence-corrected chi connectivity index (χ3v) is 6.66. The predicted molar refractivity (Wildman–Crippen MR) is 123 cm³/mol. The highest BCUT2D eigenvalue weighted by atomic mass is 16.1. The average Bonchev–Trinajstić information content (AvgIpc) is 3.25. The quantitative estimate of drug-likeness (QED) is 0.536. The van der Waals surface area contributed by atoms with Gasteiger partial charge in [-0.1, -0.05) is 13.8 Å². The summed E-state index contributed by atoms with van der Waals surface area (Å²) < 4.78 is 2.08. The average molecular weight is 405 g/mol. The number of rotatable bonds is 5. The minimum Gasteiger partial charge on any atom is -0.353 e. The Hall–Kier alpha value is -2.69. The molecule has 0 bridgehead atoms. The molecule has 30 heavy (non-hydrogen) atoms. The summed E-state index contributed by atoms with van der Waals surface area (Å²) in [4.78, 5) is 19.5. The first-order chi connectivity index (χ1) is 14.3. The topological polar surface area (TPSA) is 50.5 Å². The van der Waals surface area contributed by atoms with Crippen molar-refractivity contribution in [3.63, 3.8) is 0 Å². The van der Waals surface area contributed by atoms with Gasteiger partial charge in [-0.05, 0) is 82.7 Å². The van der Waals surface area contributed by atoms with E-state index >= 15 is 0 Å². The van der Waals surface area contributed by atoms with Crippen molar-refractivity contribution in [3.8, 4) is 11.1 Å². The number of Topliss-reactive ketones (excluding diaryl/α,β-unsaturated/α-hetero) is 1. The normalized spacial score (nSPS) is 13.5. The van der Waals surface area contributed by atoms with Crippen LogP contribution < -0.4 is 4.90 Å². The highest BCUT2D eigenvalue weighted by molar-refractivity contribution is 5.96. The molecule has 0 amide bonds. The molecule has 0 saturated carbocycles. The number of fused-ring (bicyclic) bond motifs is 3. The fourth-order valence-electron chi connectivity index (χ4n) is 5.15. The second-order valence-corrected chi connectivity index (χ2v) is 8.65. The van der Waals surface area contributed by atoms with Gasteiger partial charge in [0.1, 0.15) is 5.82 Å². The van der Waals surface area contributed by atoms with Crippen molar-refractivity contribution in [1.82, 2.24) is 14.6 Å². The lowest BCUT2D eigenvalue weighted by Gasteiger charge is -2.28. The molecule has 4 rings (SSSR count). The Morgan fingerprint density at radius 1 is 1.03 bits per heavy atom. The molecule has 1 aliphatic rings. The molecule has 2 aromatic heterocycles. The molecular formula is C25H32N4O. The lowest BCUT2D eigenvalue weighted by atomic mass is 9.92. The molecule has 0 aliphatic carbocycles. The summed E-state index contributed by atoms with van der Waals surface area (Å²) in [5.41, 5.74) is 9.50. The second kappa shape index (κ2) is 7.53. The predicted octanol–water partition coefficient (Wildman–Crippen LogP) is 5.38. The molecule has 3 heterocycles. The molecule has 3 aromatic rings. The zero-order chi connectivity index (χ0) is 21.7. The number of nitrogens with zero attached hydrogens (tertiary/aromatic N) is 4. The summed E-state index contributed by atoms with van der Waals surface area (Å²) in [6.07, 6.45) is 3.27. The van der Waals surface area contributed by atoms with Crippen LogP contribution in [0.1, 0.15) is 72.0 Å². The number of aryl methyl sites for hydroxylation is 4. The molecule has 0 fully saturated rings. The smallest absolute Gasteiger partial charge is 0.165 e. The van der Waals surface area contributed by atoms with E-state index < -0.39 is 0 Å². The van der Waals surface area contributed by atoms with Crippen molar-refractivity contribution in [2.75, 3.05) is 11.4 Å². The van der Waals surface area contributed by atoms with E-state index in [1.165, 1.54) is 11.4 Å². The maximum Gasteiger partial charge on any atom is 0.165 e. The van der Waals surface area contributed by atoms with Crippen LogP contribution in [0, 0.1) is 27.7 Å². The first kappa shape index (κ1) is 20.6. The first-order valence-corrected chi connectivity index (χ1v) is 11.1. The van der Waals surface area contributed by atoms with Crippen LogP contribution in [0.5, 0.6) is 0 Å². The molecule has 1 aliphatic heterocycles. The zero-order valence-corrected chi connectivity index (χ0v) is 19.3. The summed E-state index contributed by atoms with van der Waals surface area (Å²) in [6, 6.07) is 4.50. The van der Waals surface area contributed by atoms with Gasteiger partial charge in [0.2, 0.25) is 0 Å². The molecule has 0 spiro atoms. The van der Waals surface area contributed by atoms with Gasteiger partial charge in [-0.3, -0.25) is 4.79 Å². The lowest BCUT2D eigenvalue weighted by molar-refractivity contribution is 0.101. The summed E-state index contributed by atoms with van der Waals surface area (Å²) in [6.45, 7) is 15.5. The minimum atomic E-state index is 0.0944. The van der Waals surface area contributed by atoms with Gasteiger partial charge in [-0.15, -0.1) is 0 Å². The van der Waals surface area contributed by atoms with Crippen molar-refractivity contribution in [2.45, 2.75) is 73.8 Å². The Labute approximate surface area is 179 Å². The van der Waals surface area contributed by atoms with E-state index in [0.29, 0.717) is 6.04 Å². The van der Waals surface area contributed by atoms with Crippen LogP contribution in [0.3, 0.4) is 0 Å². The number of benzene rings is 1. The van der Waals surface area contributed by atoms with Crippen LogP contribution in [0.15, 0.2) is 12.1 Å². The molecule has 5 nitrogen and oxygen atoms in total. The lowest BCUT2D eigenvalue weighted by Crippen LogP contribution is -2.34. The van der Waals surface area contributed by atoms with E-state index in [1.54, 1.807) is 6.92 Å². The summed E-state index contributed by atoms with van der Waals surface area (Å²) in [5, 5.41) is 4.99. The summed E-state index contributed by atoms with van der Waals surface area (Å²) >= 11 is 0. The maximum atomic E-state index is 11.9. The molecule has 158 valence electrons. The second-order valence-electron chi connectivity index (χ2n) is 8.65. The van der Waals surface area contributed by atoms with Gasteiger partial charge in [-0.25, -0.2) is 4.98 Å². The van der Waals surface area contributed by atoms with E-state index in [0.717, 1.165) is 70.7 Å². The Morgan fingerprint density at radius 3 is 2.23 bits per heavy atom.